The van der Waals surface area contributed by atoms with Crippen LogP contribution in [0.1, 0.15) is 47.5 Å². The topological polar surface area (TPSA) is 71.2 Å². The Kier molecular flexibility index (Phi) is 5.59. The molecule has 20 heavy (non-hydrogen) atoms. The predicted molar refractivity (Wildman–Crippen MR) is 74.5 cm³/mol. The highest BCUT2D eigenvalue weighted by atomic mass is 16.7. The van der Waals surface area contributed by atoms with Crippen LogP contribution in [0, 0.1) is 5.21 Å². The van der Waals surface area contributed by atoms with Gasteiger partial charge in [-0.05, 0) is 27.7 Å². The first kappa shape index (κ1) is 16.5. The quantitative estimate of drug-likeness (QED) is 0.450. The first-order valence-electron chi connectivity index (χ1n) is 7.12. The van der Waals surface area contributed by atoms with E-state index in [9.17, 15) is 10.0 Å². The standard InChI is InChI=1S/C13H26N4O3/c1-6-16(13(3,4)5)17(19)14-20-12-7-9-15(10-8-12)11(2)18/h12H,6-10H2,1-5H3/b17-14-. The van der Waals surface area contributed by atoms with Gasteiger partial charge in [-0.3, -0.25) is 4.79 Å². The molecule has 116 valence electrons. The van der Waals surface area contributed by atoms with Crippen molar-refractivity contribution < 1.29 is 14.6 Å². The van der Waals surface area contributed by atoms with Crippen LogP contribution in [-0.4, -0.2) is 52.1 Å². The molecule has 1 saturated heterocycles. The van der Waals surface area contributed by atoms with Crippen molar-refractivity contribution in [1.29, 1.82) is 0 Å². The van der Waals surface area contributed by atoms with E-state index in [0.717, 1.165) is 0 Å². The van der Waals surface area contributed by atoms with Crippen molar-refractivity contribution in [2.75, 3.05) is 19.6 Å². The zero-order chi connectivity index (χ0) is 15.3. The van der Waals surface area contributed by atoms with Crippen LogP contribution in [0.2, 0.25) is 0 Å². The van der Waals surface area contributed by atoms with Crippen molar-refractivity contribution >= 4 is 5.91 Å². The van der Waals surface area contributed by atoms with Gasteiger partial charge in [-0.15, -0.1) is 5.01 Å². The van der Waals surface area contributed by atoms with Gasteiger partial charge < -0.3 is 14.9 Å². The fourth-order valence-corrected chi connectivity index (χ4v) is 2.28. The number of hydrogen-bond donors (Lipinski definition) is 0. The molecule has 0 aromatic carbocycles. The third-order valence-corrected chi connectivity index (χ3v) is 3.43. The van der Waals surface area contributed by atoms with Gasteiger partial charge in [0, 0.05) is 32.9 Å². The summed E-state index contributed by atoms with van der Waals surface area (Å²) in [5.41, 5.74) is -0.304. The number of hydrazine groups is 1. The van der Waals surface area contributed by atoms with Crippen LogP contribution < -0.4 is 0 Å². The smallest absolute Gasteiger partial charge is 0.233 e. The van der Waals surface area contributed by atoms with E-state index in [4.69, 9.17) is 4.84 Å². The molecule has 0 aliphatic carbocycles. The Morgan fingerprint density at radius 1 is 1.45 bits per heavy atom. The second-order valence-electron chi connectivity index (χ2n) is 6.03. The maximum absolute atomic E-state index is 11.9. The zero-order valence-electron chi connectivity index (χ0n) is 13.1. The van der Waals surface area contributed by atoms with Crippen molar-refractivity contribution in [2.45, 2.75) is 59.1 Å². The molecule has 0 N–H and O–H groups in total. The van der Waals surface area contributed by atoms with E-state index in [0.29, 0.717) is 37.4 Å². The third-order valence-electron chi connectivity index (χ3n) is 3.43. The lowest BCUT2D eigenvalue weighted by Gasteiger charge is -2.31. The molecule has 1 heterocycles. The second kappa shape index (κ2) is 6.76. The zero-order valence-corrected chi connectivity index (χ0v) is 13.1. The molecule has 0 aromatic heterocycles. The molecular formula is C13H26N4O3. The lowest BCUT2D eigenvalue weighted by atomic mass is 10.1. The lowest BCUT2D eigenvalue weighted by molar-refractivity contribution is -0.725. The maximum atomic E-state index is 11.9. The highest BCUT2D eigenvalue weighted by Gasteiger charge is 2.28. The molecule has 0 radical (unpaired) electrons. The van der Waals surface area contributed by atoms with E-state index in [-0.39, 0.29) is 17.6 Å². The van der Waals surface area contributed by atoms with E-state index < -0.39 is 0 Å². The first-order chi connectivity index (χ1) is 9.25. The van der Waals surface area contributed by atoms with Gasteiger partial charge in [-0.2, -0.15) is 0 Å². The Morgan fingerprint density at radius 2 is 2.00 bits per heavy atom. The van der Waals surface area contributed by atoms with E-state index in [1.165, 1.54) is 0 Å². The van der Waals surface area contributed by atoms with Crippen LogP contribution in [-0.2, 0) is 9.63 Å². The second-order valence-corrected chi connectivity index (χ2v) is 6.03. The molecule has 0 aromatic rings. The van der Waals surface area contributed by atoms with Gasteiger partial charge in [0.05, 0.1) is 17.1 Å². The van der Waals surface area contributed by atoms with Crippen LogP contribution in [0.4, 0.5) is 0 Å². The molecule has 1 amide bonds. The molecule has 1 aliphatic rings. The molecule has 7 nitrogen and oxygen atoms in total. The highest BCUT2D eigenvalue weighted by molar-refractivity contribution is 5.73. The first-order valence-corrected chi connectivity index (χ1v) is 7.12. The molecule has 0 atom stereocenters. The highest BCUT2D eigenvalue weighted by Crippen LogP contribution is 2.16. The van der Waals surface area contributed by atoms with Gasteiger partial charge >= 0.3 is 0 Å². The predicted octanol–water partition coefficient (Wildman–Crippen LogP) is 1.93. The van der Waals surface area contributed by atoms with Crippen molar-refractivity contribution in [3.63, 3.8) is 0 Å². The minimum atomic E-state index is -0.304. The van der Waals surface area contributed by atoms with Crippen LogP contribution in [0.3, 0.4) is 0 Å². The Bertz CT molecular complexity index is 357. The summed E-state index contributed by atoms with van der Waals surface area (Å²) in [5.74, 6) is 0.0794. The van der Waals surface area contributed by atoms with Crippen molar-refractivity contribution in [3.8, 4) is 0 Å². The summed E-state index contributed by atoms with van der Waals surface area (Å²) in [6.07, 6.45) is 1.32. The van der Waals surface area contributed by atoms with Crippen LogP contribution >= 0.6 is 0 Å². The van der Waals surface area contributed by atoms with Crippen molar-refractivity contribution in [1.82, 2.24) is 9.91 Å². The SMILES string of the molecule is CCN(/[N+]([O-])=N/OC1CCN(C(C)=O)CC1)C(C)(C)C. The third kappa shape index (κ3) is 4.54. The summed E-state index contributed by atoms with van der Waals surface area (Å²) >= 11 is 0. The van der Waals surface area contributed by atoms with Gasteiger partial charge in [0.2, 0.25) is 11.2 Å². The summed E-state index contributed by atoms with van der Waals surface area (Å²) in [6.45, 7) is 11.2. The number of nitrogens with zero attached hydrogens (tertiary/aromatic N) is 4. The maximum Gasteiger partial charge on any atom is 0.233 e. The van der Waals surface area contributed by atoms with Crippen molar-refractivity contribution in [3.05, 3.63) is 5.21 Å². The van der Waals surface area contributed by atoms with Crippen molar-refractivity contribution in [2.24, 2.45) is 5.28 Å². The fraction of sp³-hybridized carbons (Fsp3) is 0.923. The number of carbonyl (C=O) groups excluding carboxylic acids is 1. The summed E-state index contributed by atoms with van der Waals surface area (Å²) in [4.78, 5) is 18.8. The molecule has 0 saturated carbocycles. The average molecular weight is 286 g/mol. The molecule has 1 fully saturated rings. The molecule has 0 spiro atoms. The number of piperidine rings is 1. The van der Waals surface area contributed by atoms with Crippen LogP contribution in [0.5, 0.6) is 0 Å². The number of amides is 1. The molecule has 1 rings (SSSR count). The minimum Gasteiger partial charge on any atom is -0.569 e. The normalized spacial score (nSPS) is 18.1. The summed E-state index contributed by atoms with van der Waals surface area (Å²) in [6, 6.07) is 0. The van der Waals surface area contributed by atoms with E-state index in [1.54, 1.807) is 16.8 Å². The Labute approximate surface area is 120 Å². The Morgan fingerprint density at radius 3 is 2.40 bits per heavy atom. The lowest BCUT2D eigenvalue weighted by Crippen LogP contribution is -2.45. The number of likely N-dealkylation sites (tertiary alicyclic amines) is 1. The Balaban J connectivity index is 2.50. The molecule has 7 heteroatoms. The van der Waals surface area contributed by atoms with Gasteiger partial charge in [0.15, 0.2) is 0 Å². The van der Waals surface area contributed by atoms with Gasteiger partial charge in [-0.1, -0.05) is 0 Å². The molecule has 0 unspecified atom stereocenters. The Hall–Kier alpha value is -1.53. The fourth-order valence-electron chi connectivity index (χ4n) is 2.28. The molecular weight excluding hydrogens is 260 g/mol. The van der Waals surface area contributed by atoms with Gasteiger partial charge in [0.1, 0.15) is 6.10 Å². The number of rotatable bonds is 4. The van der Waals surface area contributed by atoms with E-state index in [2.05, 4.69) is 5.28 Å². The number of hydrogen-bond acceptors (Lipinski definition) is 4. The van der Waals surface area contributed by atoms with Gasteiger partial charge in [0.25, 0.3) is 0 Å². The average Bonchev–Trinajstić information content (AvgIpc) is 2.36. The molecule has 1 aliphatic heterocycles. The number of carbonyl (C=O) groups is 1. The largest absolute Gasteiger partial charge is 0.569 e. The van der Waals surface area contributed by atoms with E-state index in [1.807, 2.05) is 27.7 Å². The summed E-state index contributed by atoms with van der Waals surface area (Å²) < 4.78 is 0. The van der Waals surface area contributed by atoms with E-state index >= 15 is 0 Å². The van der Waals surface area contributed by atoms with Gasteiger partial charge in [-0.25, -0.2) is 0 Å². The van der Waals surface area contributed by atoms with Crippen LogP contribution in [0.25, 0.3) is 0 Å². The summed E-state index contributed by atoms with van der Waals surface area (Å²) in [7, 11) is 0. The summed E-state index contributed by atoms with van der Waals surface area (Å²) in [5, 5.41) is 17.2. The minimum absolute atomic E-state index is 0.0794. The molecule has 0 bridgehead atoms. The van der Waals surface area contributed by atoms with Crippen LogP contribution in [0.15, 0.2) is 5.28 Å². The monoisotopic (exact) mass is 286 g/mol.